The molecule has 1 saturated carbocycles. The normalized spacial score (nSPS) is 22.0. The van der Waals surface area contributed by atoms with Gasteiger partial charge in [-0.1, -0.05) is 26.7 Å². The summed E-state index contributed by atoms with van der Waals surface area (Å²) in [6.07, 6.45) is 3.18. The molecule has 116 valence electrons. The molecule has 0 aliphatic heterocycles. The lowest BCUT2D eigenvalue weighted by Crippen LogP contribution is -2.46. The van der Waals surface area contributed by atoms with Gasteiger partial charge in [-0.15, -0.1) is 11.3 Å². The zero-order valence-electron chi connectivity index (χ0n) is 12.3. The van der Waals surface area contributed by atoms with Crippen molar-refractivity contribution in [3.63, 3.8) is 0 Å². The van der Waals surface area contributed by atoms with Gasteiger partial charge in [-0.2, -0.15) is 0 Å². The fraction of sp³-hybridized carbons (Fsp3) is 0.643. The van der Waals surface area contributed by atoms with Crippen LogP contribution in [0.5, 0.6) is 0 Å². The number of carbonyl (C=O) groups excluding carboxylic acids is 1. The van der Waals surface area contributed by atoms with E-state index in [1.54, 1.807) is 0 Å². The van der Waals surface area contributed by atoms with Crippen LogP contribution < -0.4 is 10.6 Å². The first-order chi connectivity index (χ1) is 9.97. The summed E-state index contributed by atoms with van der Waals surface area (Å²) in [5.74, 6) is -1.02. The molecule has 1 aromatic rings. The Hall–Kier alpha value is -1.63. The molecule has 1 fully saturated rings. The number of anilines is 1. The molecule has 7 heteroatoms. The molecule has 6 nitrogen and oxygen atoms in total. The van der Waals surface area contributed by atoms with Crippen LogP contribution in [0.4, 0.5) is 9.93 Å². The zero-order chi connectivity index (χ0) is 15.4. The smallest absolute Gasteiger partial charge is 0.321 e. The summed E-state index contributed by atoms with van der Waals surface area (Å²) in [5.41, 5.74) is 0.941. The highest BCUT2D eigenvalue weighted by atomic mass is 32.1. The molecule has 1 aromatic heterocycles. The average Bonchev–Trinajstić information content (AvgIpc) is 2.87. The molecule has 0 radical (unpaired) electrons. The first-order valence-electron chi connectivity index (χ1n) is 7.23. The standard InChI is InChI=1S/C14H21N3O3S/c1-8(2)11-7-21-14(16-11)17-13(20)15-10-6-4-3-5-9(10)12(18)19/h7-10H,3-6H2,1-2H3,(H,18,19)(H2,15,16,17,20). The number of hydrogen-bond acceptors (Lipinski definition) is 4. The highest BCUT2D eigenvalue weighted by Crippen LogP contribution is 2.25. The van der Waals surface area contributed by atoms with Crippen molar-refractivity contribution >= 4 is 28.5 Å². The predicted octanol–water partition coefficient (Wildman–Crippen LogP) is 3.03. The maximum Gasteiger partial charge on any atom is 0.321 e. The number of carboxylic acid groups (broad SMARTS) is 1. The monoisotopic (exact) mass is 311 g/mol. The van der Waals surface area contributed by atoms with E-state index < -0.39 is 11.9 Å². The Balaban J connectivity index is 1.92. The fourth-order valence-electron chi connectivity index (χ4n) is 2.51. The van der Waals surface area contributed by atoms with Gasteiger partial charge in [0.2, 0.25) is 0 Å². The van der Waals surface area contributed by atoms with Crippen LogP contribution in [-0.4, -0.2) is 28.1 Å². The summed E-state index contributed by atoms with van der Waals surface area (Å²) in [6, 6.07) is -0.682. The topological polar surface area (TPSA) is 91.3 Å². The van der Waals surface area contributed by atoms with Gasteiger partial charge < -0.3 is 10.4 Å². The van der Waals surface area contributed by atoms with Crippen LogP contribution in [0.2, 0.25) is 0 Å². The minimum absolute atomic E-state index is 0.305. The second kappa shape index (κ2) is 6.89. The fourth-order valence-corrected chi connectivity index (χ4v) is 3.38. The lowest BCUT2D eigenvalue weighted by Gasteiger charge is -2.29. The molecule has 21 heavy (non-hydrogen) atoms. The van der Waals surface area contributed by atoms with Crippen LogP contribution in [0.25, 0.3) is 0 Å². The van der Waals surface area contributed by atoms with Crippen molar-refractivity contribution in [2.24, 2.45) is 5.92 Å². The molecular formula is C14H21N3O3S. The third-order valence-electron chi connectivity index (χ3n) is 3.73. The van der Waals surface area contributed by atoms with Gasteiger partial charge in [0, 0.05) is 11.4 Å². The maximum absolute atomic E-state index is 12.0. The van der Waals surface area contributed by atoms with Gasteiger partial charge in [-0.05, 0) is 18.8 Å². The molecule has 2 atom stereocenters. The molecular weight excluding hydrogens is 290 g/mol. The third-order valence-corrected chi connectivity index (χ3v) is 4.51. The molecule has 1 heterocycles. The van der Waals surface area contributed by atoms with E-state index in [4.69, 9.17) is 0 Å². The summed E-state index contributed by atoms with van der Waals surface area (Å²) in [4.78, 5) is 27.5. The van der Waals surface area contributed by atoms with Gasteiger partial charge in [-0.25, -0.2) is 9.78 Å². The number of nitrogens with zero attached hydrogens (tertiary/aromatic N) is 1. The Morgan fingerprint density at radius 3 is 2.71 bits per heavy atom. The highest BCUT2D eigenvalue weighted by Gasteiger charge is 2.31. The highest BCUT2D eigenvalue weighted by molar-refractivity contribution is 7.13. The number of hydrogen-bond donors (Lipinski definition) is 3. The second-order valence-corrected chi connectivity index (χ2v) is 6.52. The van der Waals surface area contributed by atoms with E-state index >= 15 is 0 Å². The molecule has 1 aliphatic rings. The lowest BCUT2D eigenvalue weighted by atomic mass is 9.84. The molecule has 2 unspecified atom stereocenters. The Labute approximate surface area is 128 Å². The van der Waals surface area contributed by atoms with Crippen molar-refractivity contribution in [1.82, 2.24) is 10.3 Å². The number of carboxylic acids is 1. The Morgan fingerprint density at radius 2 is 2.10 bits per heavy atom. The number of amides is 2. The first kappa shape index (κ1) is 15.8. The Morgan fingerprint density at radius 1 is 1.38 bits per heavy atom. The van der Waals surface area contributed by atoms with Crippen LogP contribution in [0.3, 0.4) is 0 Å². The van der Waals surface area contributed by atoms with Crippen molar-refractivity contribution < 1.29 is 14.7 Å². The van der Waals surface area contributed by atoms with Crippen LogP contribution in [0.1, 0.15) is 51.1 Å². The molecule has 1 aliphatic carbocycles. The van der Waals surface area contributed by atoms with E-state index in [0.29, 0.717) is 23.9 Å². The molecule has 2 amide bonds. The number of aliphatic carboxylic acids is 1. The summed E-state index contributed by atoms with van der Waals surface area (Å²) in [6.45, 7) is 4.08. The van der Waals surface area contributed by atoms with Gasteiger partial charge in [-0.3, -0.25) is 10.1 Å². The van der Waals surface area contributed by atoms with E-state index in [1.165, 1.54) is 11.3 Å². The van der Waals surface area contributed by atoms with Crippen molar-refractivity contribution in [2.45, 2.75) is 51.5 Å². The first-order valence-corrected chi connectivity index (χ1v) is 8.11. The lowest BCUT2D eigenvalue weighted by molar-refractivity contribution is -0.143. The number of thiazole rings is 1. The number of aromatic nitrogens is 1. The van der Waals surface area contributed by atoms with Gasteiger partial charge in [0.05, 0.1) is 11.6 Å². The zero-order valence-corrected chi connectivity index (χ0v) is 13.1. The quantitative estimate of drug-likeness (QED) is 0.797. The van der Waals surface area contributed by atoms with Gasteiger partial charge >= 0.3 is 12.0 Å². The maximum atomic E-state index is 12.0. The van der Waals surface area contributed by atoms with Gasteiger partial charge in [0.1, 0.15) is 0 Å². The number of rotatable bonds is 4. The van der Waals surface area contributed by atoms with E-state index in [1.807, 2.05) is 19.2 Å². The van der Waals surface area contributed by atoms with Crippen molar-refractivity contribution in [3.8, 4) is 0 Å². The van der Waals surface area contributed by atoms with E-state index in [-0.39, 0.29) is 12.1 Å². The summed E-state index contributed by atoms with van der Waals surface area (Å²) < 4.78 is 0. The minimum Gasteiger partial charge on any atom is -0.481 e. The summed E-state index contributed by atoms with van der Waals surface area (Å²) in [7, 11) is 0. The third kappa shape index (κ3) is 4.17. The van der Waals surface area contributed by atoms with Gasteiger partial charge in [0.25, 0.3) is 0 Å². The van der Waals surface area contributed by atoms with Crippen LogP contribution in [0.15, 0.2) is 5.38 Å². The van der Waals surface area contributed by atoms with Crippen LogP contribution in [-0.2, 0) is 4.79 Å². The molecule has 0 aromatic carbocycles. The Kier molecular flexibility index (Phi) is 5.17. The predicted molar refractivity (Wildman–Crippen MR) is 81.7 cm³/mol. The van der Waals surface area contributed by atoms with Crippen LogP contribution >= 0.6 is 11.3 Å². The van der Waals surface area contributed by atoms with Crippen molar-refractivity contribution in [3.05, 3.63) is 11.1 Å². The number of nitrogens with one attached hydrogen (secondary N) is 2. The molecule has 0 saturated heterocycles. The molecule has 2 rings (SSSR count). The average molecular weight is 311 g/mol. The van der Waals surface area contributed by atoms with E-state index in [2.05, 4.69) is 15.6 Å². The van der Waals surface area contributed by atoms with E-state index in [9.17, 15) is 14.7 Å². The SMILES string of the molecule is CC(C)c1csc(NC(=O)NC2CCCCC2C(=O)O)n1. The molecule has 0 bridgehead atoms. The number of carbonyl (C=O) groups is 2. The summed E-state index contributed by atoms with van der Waals surface area (Å²) in [5, 5.41) is 17.1. The van der Waals surface area contributed by atoms with E-state index in [0.717, 1.165) is 18.5 Å². The second-order valence-electron chi connectivity index (χ2n) is 5.67. The van der Waals surface area contributed by atoms with Gasteiger partial charge in [0.15, 0.2) is 5.13 Å². The van der Waals surface area contributed by atoms with Crippen molar-refractivity contribution in [2.75, 3.05) is 5.32 Å². The Bertz CT molecular complexity index is 515. The largest absolute Gasteiger partial charge is 0.481 e. The summed E-state index contributed by atoms with van der Waals surface area (Å²) >= 11 is 1.38. The molecule has 3 N–H and O–H groups in total. The number of urea groups is 1. The van der Waals surface area contributed by atoms with Crippen LogP contribution in [0, 0.1) is 5.92 Å². The minimum atomic E-state index is -0.837. The van der Waals surface area contributed by atoms with Crippen molar-refractivity contribution in [1.29, 1.82) is 0 Å². The molecule has 0 spiro atoms.